The third kappa shape index (κ3) is 3.97. The molecule has 0 bridgehead atoms. The quantitative estimate of drug-likeness (QED) is 0.835. The summed E-state index contributed by atoms with van der Waals surface area (Å²) in [6.07, 6.45) is 6.54. The number of carbonyl (C=O) groups excluding carboxylic acids is 1. The number of hydrogen-bond donors (Lipinski definition) is 0. The molecule has 0 spiro atoms. The van der Waals surface area contributed by atoms with Gasteiger partial charge in [0.1, 0.15) is 6.04 Å². The Labute approximate surface area is 141 Å². The molecule has 2 aromatic heterocycles. The van der Waals surface area contributed by atoms with Crippen LogP contribution in [0.1, 0.15) is 42.6 Å². The highest BCUT2D eigenvalue weighted by atomic mass is 16.5. The topological polar surface area (TPSA) is 75.4 Å². The summed E-state index contributed by atoms with van der Waals surface area (Å²) in [6, 6.07) is 3.82. The first-order valence-corrected chi connectivity index (χ1v) is 8.30. The number of rotatable bonds is 5. The van der Waals surface area contributed by atoms with Crippen molar-refractivity contribution in [2.45, 2.75) is 38.8 Å². The van der Waals surface area contributed by atoms with Crippen molar-refractivity contribution in [2.24, 2.45) is 0 Å². The molecule has 0 saturated carbocycles. The fourth-order valence-electron chi connectivity index (χ4n) is 3.12. The molecule has 1 unspecified atom stereocenters. The number of carbonyl (C=O) groups is 1. The third-order valence-electron chi connectivity index (χ3n) is 4.23. The zero-order valence-electron chi connectivity index (χ0n) is 14.2. The van der Waals surface area contributed by atoms with Gasteiger partial charge in [-0.1, -0.05) is 11.2 Å². The highest BCUT2D eigenvalue weighted by Crippen LogP contribution is 2.30. The van der Waals surface area contributed by atoms with E-state index >= 15 is 0 Å². The zero-order valence-corrected chi connectivity index (χ0v) is 14.2. The summed E-state index contributed by atoms with van der Waals surface area (Å²) in [5, 5.41) is 3.86. The van der Waals surface area contributed by atoms with Crippen LogP contribution in [-0.2, 0) is 11.3 Å². The zero-order chi connectivity index (χ0) is 16.9. The van der Waals surface area contributed by atoms with Crippen LogP contribution in [0.5, 0.6) is 0 Å². The van der Waals surface area contributed by atoms with Gasteiger partial charge in [-0.15, -0.1) is 0 Å². The van der Waals surface area contributed by atoms with Crippen molar-refractivity contribution in [3.05, 3.63) is 41.8 Å². The summed E-state index contributed by atoms with van der Waals surface area (Å²) < 4.78 is 5.31. The van der Waals surface area contributed by atoms with Crippen LogP contribution < -0.4 is 0 Å². The van der Waals surface area contributed by atoms with Crippen molar-refractivity contribution >= 4 is 5.91 Å². The van der Waals surface area contributed by atoms with Crippen LogP contribution in [0, 0.1) is 6.92 Å². The molecule has 1 amide bonds. The molecule has 1 saturated heterocycles. The smallest absolute Gasteiger partial charge is 0.249 e. The summed E-state index contributed by atoms with van der Waals surface area (Å²) in [4.78, 5) is 25.1. The van der Waals surface area contributed by atoms with Gasteiger partial charge >= 0.3 is 0 Å². The average Bonchev–Trinajstić information content (AvgIpc) is 3.02. The Morgan fingerprint density at radius 3 is 3.04 bits per heavy atom. The predicted octanol–water partition coefficient (Wildman–Crippen LogP) is 1.96. The Morgan fingerprint density at radius 1 is 1.46 bits per heavy atom. The molecule has 24 heavy (non-hydrogen) atoms. The second kappa shape index (κ2) is 7.53. The van der Waals surface area contributed by atoms with E-state index < -0.39 is 0 Å². The number of aryl methyl sites for hydroxylation is 1. The molecule has 0 aromatic carbocycles. The lowest BCUT2D eigenvalue weighted by Crippen LogP contribution is -2.43. The lowest BCUT2D eigenvalue weighted by atomic mass is 10.0. The van der Waals surface area contributed by atoms with Crippen molar-refractivity contribution in [2.75, 3.05) is 20.1 Å². The van der Waals surface area contributed by atoms with Gasteiger partial charge in [-0.3, -0.25) is 14.7 Å². The summed E-state index contributed by atoms with van der Waals surface area (Å²) >= 11 is 0. The van der Waals surface area contributed by atoms with Crippen LogP contribution in [0.3, 0.4) is 0 Å². The summed E-state index contributed by atoms with van der Waals surface area (Å²) in [7, 11) is 1.95. The average molecular weight is 329 g/mol. The van der Waals surface area contributed by atoms with Gasteiger partial charge in [-0.05, 0) is 44.9 Å². The minimum Gasteiger partial charge on any atom is -0.337 e. The van der Waals surface area contributed by atoms with E-state index in [2.05, 4.69) is 15.1 Å². The Morgan fingerprint density at radius 2 is 2.33 bits per heavy atom. The molecule has 7 nitrogen and oxygen atoms in total. The Kier molecular flexibility index (Phi) is 5.20. The van der Waals surface area contributed by atoms with E-state index in [0.717, 1.165) is 31.4 Å². The highest BCUT2D eigenvalue weighted by molar-refractivity contribution is 5.78. The maximum absolute atomic E-state index is 12.8. The summed E-state index contributed by atoms with van der Waals surface area (Å²) in [5.41, 5.74) is 1.09. The minimum atomic E-state index is -0.0979. The maximum Gasteiger partial charge on any atom is 0.249 e. The predicted molar refractivity (Wildman–Crippen MR) is 87.9 cm³/mol. The van der Waals surface area contributed by atoms with Gasteiger partial charge in [-0.25, -0.2) is 0 Å². The number of aromatic nitrogens is 3. The second-order valence-electron chi connectivity index (χ2n) is 6.31. The van der Waals surface area contributed by atoms with Crippen LogP contribution in [0.4, 0.5) is 0 Å². The van der Waals surface area contributed by atoms with Gasteiger partial charge in [0, 0.05) is 25.5 Å². The van der Waals surface area contributed by atoms with Gasteiger partial charge < -0.3 is 9.42 Å². The Balaban J connectivity index is 1.63. The lowest BCUT2D eigenvalue weighted by molar-refractivity contribution is -0.136. The molecule has 1 aliphatic heterocycles. The number of likely N-dealkylation sites (N-methyl/N-ethyl adjacent to an activating group) is 1. The van der Waals surface area contributed by atoms with Gasteiger partial charge in [-0.2, -0.15) is 4.98 Å². The van der Waals surface area contributed by atoms with Crippen LogP contribution in [0.25, 0.3) is 0 Å². The molecule has 0 aliphatic carbocycles. The second-order valence-corrected chi connectivity index (χ2v) is 6.31. The van der Waals surface area contributed by atoms with E-state index in [9.17, 15) is 4.79 Å². The fraction of sp³-hybridized carbons (Fsp3) is 0.529. The van der Waals surface area contributed by atoms with Crippen molar-refractivity contribution < 1.29 is 9.32 Å². The molecule has 128 valence electrons. The number of likely N-dealkylation sites (tertiary alicyclic amines) is 1. The van der Waals surface area contributed by atoms with Gasteiger partial charge in [0.05, 0.1) is 6.54 Å². The molecule has 1 fully saturated rings. The Bertz CT molecular complexity index is 673. The van der Waals surface area contributed by atoms with Crippen molar-refractivity contribution in [3.63, 3.8) is 0 Å². The lowest BCUT2D eigenvalue weighted by Gasteiger charge is -2.34. The standard InChI is InChI=1S/C17H23N5O2/c1-13-19-17(24-20-13)15-7-3-4-9-22(15)16(23)12-21(2)11-14-6-5-8-18-10-14/h5-6,8,10,15H,3-4,7,9,11-12H2,1-2H3. The molecular weight excluding hydrogens is 306 g/mol. The van der Waals surface area contributed by atoms with E-state index in [4.69, 9.17) is 4.52 Å². The highest BCUT2D eigenvalue weighted by Gasteiger charge is 2.32. The maximum atomic E-state index is 12.8. The molecule has 3 heterocycles. The molecule has 1 atom stereocenters. The normalized spacial score (nSPS) is 18.1. The first-order valence-electron chi connectivity index (χ1n) is 8.30. The third-order valence-corrected chi connectivity index (χ3v) is 4.23. The van der Waals surface area contributed by atoms with Crippen molar-refractivity contribution in [1.82, 2.24) is 24.9 Å². The molecule has 3 rings (SSSR count). The van der Waals surface area contributed by atoms with E-state index in [1.807, 2.05) is 35.2 Å². The number of amides is 1. The summed E-state index contributed by atoms with van der Waals surface area (Å²) in [6.45, 7) is 3.59. The van der Waals surface area contributed by atoms with Crippen LogP contribution in [-0.4, -0.2) is 51.0 Å². The fourth-order valence-corrected chi connectivity index (χ4v) is 3.12. The molecule has 7 heteroatoms. The van der Waals surface area contributed by atoms with E-state index in [1.54, 1.807) is 13.1 Å². The van der Waals surface area contributed by atoms with Gasteiger partial charge in [0.2, 0.25) is 11.8 Å². The number of nitrogens with zero attached hydrogens (tertiary/aromatic N) is 5. The molecular formula is C17H23N5O2. The van der Waals surface area contributed by atoms with Crippen LogP contribution in [0.2, 0.25) is 0 Å². The number of pyridine rings is 1. The number of piperidine rings is 1. The molecule has 0 N–H and O–H groups in total. The first-order chi connectivity index (χ1) is 11.6. The molecule has 1 aliphatic rings. The van der Waals surface area contributed by atoms with Crippen LogP contribution in [0.15, 0.2) is 29.0 Å². The first kappa shape index (κ1) is 16.6. The molecule has 0 radical (unpaired) electrons. The van der Waals surface area contributed by atoms with Crippen LogP contribution >= 0.6 is 0 Å². The minimum absolute atomic E-state index is 0.0979. The molecule has 2 aromatic rings. The monoisotopic (exact) mass is 329 g/mol. The summed E-state index contributed by atoms with van der Waals surface area (Å²) in [5.74, 6) is 1.26. The van der Waals surface area contributed by atoms with E-state index in [-0.39, 0.29) is 11.9 Å². The van der Waals surface area contributed by atoms with Crippen molar-refractivity contribution in [1.29, 1.82) is 0 Å². The van der Waals surface area contributed by atoms with E-state index in [0.29, 0.717) is 24.8 Å². The van der Waals surface area contributed by atoms with Gasteiger partial charge in [0.15, 0.2) is 5.82 Å². The largest absolute Gasteiger partial charge is 0.337 e. The Hall–Kier alpha value is -2.28. The van der Waals surface area contributed by atoms with Crippen molar-refractivity contribution in [3.8, 4) is 0 Å². The SMILES string of the molecule is Cc1noc(C2CCCCN2C(=O)CN(C)Cc2cccnc2)n1. The number of hydrogen-bond acceptors (Lipinski definition) is 6. The van der Waals surface area contributed by atoms with Gasteiger partial charge in [0.25, 0.3) is 0 Å². The van der Waals surface area contributed by atoms with E-state index in [1.165, 1.54) is 0 Å².